The molecule has 4 rings (SSSR count). The van der Waals surface area contributed by atoms with Gasteiger partial charge in [0.15, 0.2) is 11.8 Å². The van der Waals surface area contributed by atoms with E-state index in [4.69, 9.17) is 9.47 Å². The van der Waals surface area contributed by atoms with Crippen LogP contribution in [0.2, 0.25) is 0 Å². The van der Waals surface area contributed by atoms with Gasteiger partial charge in [-0.05, 0) is 51.1 Å². The van der Waals surface area contributed by atoms with E-state index in [9.17, 15) is 9.59 Å². The van der Waals surface area contributed by atoms with E-state index in [1.54, 1.807) is 36.7 Å². The first-order valence-electron chi connectivity index (χ1n) is 9.55. The first kappa shape index (κ1) is 19.4. The zero-order valence-electron chi connectivity index (χ0n) is 16.8. The van der Waals surface area contributed by atoms with Crippen LogP contribution in [0.1, 0.15) is 30.0 Å². The molecule has 3 aromatic rings. The number of carbonyl (C=O) groups is 2. The summed E-state index contributed by atoms with van der Waals surface area (Å²) in [5.74, 6) is 0.552. The quantitative estimate of drug-likeness (QED) is 0.673. The first-order chi connectivity index (χ1) is 14.5. The first-order valence-corrected chi connectivity index (χ1v) is 9.55. The molecule has 0 aliphatic carbocycles. The second kappa shape index (κ2) is 7.86. The minimum Gasteiger partial charge on any atom is -0.492 e. The van der Waals surface area contributed by atoms with Crippen LogP contribution in [-0.4, -0.2) is 39.5 Å². The summed E-state index contributed by atoms with van der Waals surface area (Å²) >= 11 is 0. The van der Waals surface area contributed by atoms with Gasteiger partial charge in [0.25, 0.3) is 11.8 Å². The third-order valence-corrected chi connectivity index (χ3v) is 4.67. The van der Waals surface area contributed by atoms with Crippen LogP contribution in [0.5, 0.6) is 11.5 Å². The molecule has 2 amide bonds. The van der Waals surface area contributed by atoms with Gasteiger partial charge in [-0.25, -0.2) is 4.68 Å². The summed E-state index contributed by atoms with van der Waals surface area (Å²) in [6.45, 7) is 5.84. The Kier molecular flexibility index (Phi) is 5.09. The Bertz CT molecular complexity index is 1120. The topological polar surface area (TPSA) is 107 Å². The van der Waals surface area contributed by atoms with Crippen molar-refractivity contribution in [3.05, 3.63) is 53.9 Å². The summed E-state index contributed by atoms with van der Waals surface area (Å²) in [4.78, 5) is 24.6. The van der Waals surface area contributed by atoms with Crippen LogP contribution in [0.3, 0.4) is 0 Å². The maximum absolute atomic E-state index is 12.8. The fraction of sp³-hybridized carbons (Fsp3) is 0.238. The van der Waals surface area contributed by atoms with E-state index in [2.05, 4.69) is 20.9 Å². The zero-order chi connectivity index (χ0) is 21.3. The summed E-state index contributed by atoms with van der Waals surface area (Å²) in [7, 11) is 0. The molecule has 2 N–H and O–H groups in total. The molecule has 2 heterocycles. The van der Waals surface area contributed by atoms with E-state index in [1.807, 2.05) is 31.2 Å². The lowest BCUT2D eigenvalue weighted by atomic mass is 10.2. The van der Waals surface area contributed by atoms with Gasteiger partial charge in [0.05, 0.1) is 18.0 Å². The van der Waals surface area contributed by atoms with Crippen LogP contribution in [-0.2, 0) is 4.79 Å². The molecule has 0 spiro atoms. The summed E-state index contributed by atoms with van der Waals surface area (Å²) < 4.78 is 12.7. The lowest BCUT2D eigenvalue weighted by molar-refractivity contribution is -0.122. The summed E-state index contributed by atoms with van der Waals surface area (Å²) in [6.07, 6.45) is -0.560. The Labute approximate surface area is 173 Å². The number of nitrogens with one attached hydrogen (secondary N) is 2. The van der Waals surface area contributed by atoms with Crippen LogP contribution in [0.4, 0.5) is 11.4 Å². The molecule has 1 aliphatic heterocycles. The fourth-order valence-corrected chi connectivity index (χ4v) is 3.15. The molecule has 2 aromatic carbocycles. The average Bonchev–Trinajstić information content (AvgIpc) is 3.11. The van der Waals surface area contributed by atoms with Crippen LogP contribution in [0.15, 0.2) is 42.5 Å². The van der Waals surface area contributed by atoms with Crippen molar-refractivity contribution in [2.24, 2.45) is 0 Å². The van der Waals surface area contributed by atoms with Gasteiger partial charge in [-0.1, -0.05) is 17.3 Å². The maximum Gasteiger partial charge on any atom is 0.278 e. The number of nitrogens with zero attached hydrogens (tertiary/aromatic N) is 3. The Morgan fingerprint density at radius 3 is 2.90 bits per heavy atom. The van der Waals surface area contributed by atoms with Crippen molar-refractivity contribution in [1.29, 1.82) is 0 Å². The Balaban J connectivity index is 1.57. The van der Waals surface area contributed by atoms with Gasteiger partial charge in [0.1, 0.15) is 17.2 Å². The van der Waals surface area contributed by atoms with Gasteiger partial charge in [0, 0.05) is 5.69 Å². The molecule has 1 atom stereocenters. The van der Waals surface area contributed by atoms with E-state index in [0.717, 1.165) is 0 Å². The molecule has 0 saturated carbocycles. The molecule has 0 saturated heterocycles. The smallest absolute Gasteiger partial charge is 0.278 e. The van der Waals surface area contributed by atoms with Crippen LogP contribution < -0.4 is 20.1 Å². The molecule has 0 radical (unpaired) electrons. The molecule has 1 aliphatic rings. The van der Waals surface area contributed by atoms with Crippen molar-refractivity contribution in [3.8, 4) is 17.2 Å². The lowest BCUT2D eigenvalue weighted by Crippen LogP contribution is -2.34. The Hall–Kier alpha value is -3.88. The van der Waals surface area contributed by atoms with Crippen molar-refractivity contribution in [2.75, 3.05) is 17.2 Å². The van der Waals surface area contributed by atoms with E-state index in [-0.39, 0.29) is 11.6 Å². The minimum absolute atomic E-state index is 0.188. The van der Waals surface area contributed by atoms with Crippen molar-refractivity contribution in [3.63, 3.8) is 0 Å². The SMILES string of the molecule is CCOc1ccccc1-n1nnc(C(=O)Nc2ccc3c(c2)NC(=O)C(C)O3)c1C. The molecule has 1 unspecified atom stereocenters. The predicted molar refractivity (Wildman–Crippen MR) is 110 cm³/mol. The highest BCUT2D eigenvalue weighted by molar-refractivity contribution is 6.04. The zero-order valence-corrected chi connectivity index (χ0v) is 16.8. The molecule has 154 valence electrons. The van der Waals surface area contributed by atoms with E-state index < -0.39 is 12.0 Å². The summed E-state index contributed by atoms with van der Waals surface area (Å²) in [6, 6.07) is 12.5. The van der Waals surface area contributed by atoms with Crippen molar-refractivity contribution < 1.29 is 19.1 Å². The van der Waals surface area contributed by atoms with E-state index in [1.165, 1.54) is 0 Å². The number of hydrogen-bond donors (Lipinski definition) is 2. The molecule has 30 heavy (non-hydrogen) atoms. The highest BCUT2D eigenvalue weighted by atomic mass is 16.5. The second-order valence-corrected chi connectivity index (χ2v) is 6.75. The van der Waals surface area contributed by atoms with Gasteiger partial charge in [-0.3, -0.25) is 9.59 Å². The molecule has 0 bridgehead atoms. The highest BCUT2D eigenvalue weighted by Gasteiger charge is 2.24. The average molecular weight is 407 g/mol. The van der Waals surface area contributed by atoms with Gasteiger partial charge >= 0.3 is 0 Å². The number of anilines is 2. The summed E-state index contributed by atoms with van der Waals surface area (Å²) in [5, 5.41) is 13.7. The van der Waals surface area contributed by atoms with Crippen molar-refractivity contribution >= 4 is 23.2 Å². The number of para-hydroxylation sites is 2. The largest absolute Gasteiger partial charge is 0.492 e. The second-order valence-electron chi connectivity index (χ2n) is 6.75. The molecule has 0 fully saturated rings. The van der Waals surface area contributed by atoms with Crippen molar-refractivity contribution in [1.82, 2.24) is 15.0 Å². The maximum atomic E-state index is 12.8. The fourth-order valence-electron chi connectivity index (χ4n) is 3.15. The number of rotatable bonds is 5. The van der Waals surface area contributed by atoms with Crippen LogP contribution >= 0.6 is 0 Å². The number of hydrogen-bond acceptors (Lipinski definition) is 6. The number of ether oxygens (including phenoxy) is 2. The molecule has 9 nitrogen and oxygen atoms in total. The standard InChI is InChI=1S/C21H21N5O4/c1-4-29-18-8-6-5-7-16(18)26-12(2)19(24-25-26)21(28)22-14-9-10-17-15(11-14)23-20(27)13(3)30-17/h5-11,13H,4H2,1-3H3,(H,22,28)(H,23,27). The van der Waals surface area contributed by atoms with E-state index >= 15 is 0 Å². The lowest BCUT2D eigenvalue weighted by Gasteiger charge is -2.23. The predicted octanol–water partition coefficient (Wildman–Crippen LogP) is 2.95. The van der Waals surface area contributed by atoms with E-state index in [0.29, 0.717) is 40.9 Å². The minimum atomic E-state index is -0.560. The molecule has 9 heteroatoms. The molecular formula is C21H21N5O4. The van der Waals surface area contributed by atoms with Gasteiger partial charge in [0.2, 0.25) is 0 Å². The van der Waals surface area contributed by atoms with Crippen LogP contribution in [0, 0.1) is 6.92 Å². The number of amides is 2. The van der Waals surface area contributed by atoms with Gasteiger partial charge < -0.3 is 20.1 Å². The monoisotopic (exact) mass is 407 g/mol. The highest BCUT2D eigenvalue weighted by Crippen LogP contribution is 2.32. The third kappa shape index (κ3) is 3.57. The number of benzene rings is 2. The van der Waals surface area contributed by atoms with Crippen LogP contribution in [0.25, 0.3) is 5.69 Å². The van der Waals surface area contributed by atoms with Crippen molar-refractivity contribution in [2.45, 2.75) is 26.9 Å². The number of aromatic nitrogens is 3. The molecular weight excluding hydrogens is 386 g/mol. The van der Waals surface area contributed by atoms with Gasteiger partial charge in [-0.2, -0.15) is 0 Å². The number of carbonyl (C=O) groups excluding carboxylic acids is 2. The normalized spacial score (nSPS) is 15.0. The molecule has 1 aromatic heterocycles. The Morgan fingerprint density at radius 1 is 1.30 bits per heavy atom. The summed E-state index contributed by atoms with van der Waals surface area (Å²) in [5.41, 5.74) is 2.46. The van der Waals surface area contributed by atoms with Gasteiger partial charge in [-0.15, -0.1) is 5.10 Å². The Morgan fingerprint density at radius 2 is 2.10 bits per heavy atom. The number of fused-ring (bicyclic) bond motifs is 1. The third-order valence-electron chi connectivity index (χ3n) is 4.67.